The summed E-state index contributed by atoms with van der Waals surface area (Å²) in [5.74, 6) is 0.804. The van der Waals surface area contributed by atoms with Crippen molar-refractivity contribution in [3.8, 4) is 5.75 Å². The van der Waals surface area contributed by atoms with E-state index >= 15 is 0 Å². The van der Waals surface area contributed by atoms with Crippen molar-refractivity contribution in [1.82, 2.24) is 5.09 Å². The Morgan fingerprint density at radius 2 is 1.74 bits per heavy atom. The molecule has 0 aliphatic heterocycles. The Hall–Kier alpha value is -0.990. The molecule has 0 amide bonds. The van der Waals surface area contributed by atoms with Crippen LogP contribution < -0.4 is 9.82 Å². The van der Waals surface area contributed by atoms with Crippen LogP contribution in [-0.4, -0.2) is 54.3 Å². The lowest BCUT2D eigenvalue weighted by Crippen LogP contribution is -2.22. The molecule has 1 aromatic rings. The van der Waals surface area contributed by atoms with E-state index in [9.17, 15) is 4.57 Å². The van der Waals surface area contributed by atoms with Crippen molar-refractivity contribution in [2.75, 3.05) is 54.3 Å². The van der Waals surface area contributed by atoms with E-state index < -0.39 is 14.0 Å². The van der Waals surface area contributed by atoms with Gasteiger partial charge < -0.3 is 23.5 Å². The molecule has 0 bridgehead atoms. The molecule has 9 heteroatoms. The molecule has 0 heterocycles. The lowest BCUT2D eigenvalue weighted by molar-refractivity contribution is -0.106. The van der Waals surface area contributed by atoms with Gasteiger partial charge in [-0.25, -0.2) is 9.65 Å². The van der Waals surface area contributed by atoms with Gasteiger partial charge in [-0.3, -0.25) is 4.52 Å². The molecule has 1 rings (SSSR count). The van der Waals surface area contributed by atoms with Crippen LogP contribution in [0.1, 0.15) is 25.7 Å². The second-order valence-electron chi connectivity index (χ2n) is 5.87. The first-order valence-corrected chi connectivity index (χ1v) is 10.4. The molecule has 1 N–H and O–H groups in total. The Morgan fingerprint density at radius 1 is 1.07 bits per heavy atom. The zero-order valence-electron chi connectivity index (χ0n) is 16.8. The van der Waals surface area contributed by atoms with Crippen LogP contribution in [-0.2, 0) is 27.8 Å². The van der Waals surface area contributed by atoms with Crippen molar-refractivity contribution in [2.45, 2.75) is 20.1 Å². The highest BCUT2D eigenvalue weighted by Gasteiger charge is 2.23. The summed E-state index contributed by atoms with van der Waals surface area (Å²) in [7, 11) is 1.16. The third-order valence-corrected chi connectivity index (χ3v) is 5.21. The molecule has 156 valence electrons. The standard InChI is InChI=1S/C18H32NO7P/c1-6-24-13-15(2)14-26-27(20,23-5)19-11-12-25-17-9-7-16(8-10-17)18(21-3)22-4/h7-10,15,18H,6,11-14H2,1-5H3,(H,19,20). The van der Waals surface area contributed by atoms with Crippen molar-refractivity contribution in [2.24, 2.45) is 5.92 Å². The second-order valence-corrected chi connectivity index (χ2v) is 7.80. The normalized spacial score (nSPS) is 14.9. The van der Waals surface area contributed by atoms with Gasteiger partial charge in [-0.1, -0.05) is 19.1 Å². The van der Waals surface area contributed by atoms with Gasteiger partial charge >= 0.3 is 7.75 Å². The molecule has 0 aromatic heterocycles. The lowest BCUT2D eigenvalue weighted by Gasteiger charge is -2.20. The summed E-state index contributed by atoms with van der Waals surface area (Å²) < 4.78 is 44.2. The van der Waals surface area contributed by atoms with Crippen LogP contribution in [0.5, 0.6) is 5.75 Å². The van der Waals surface area contributed by atoms with E-state index in [0.29, 0.717) is 32.1 Å². The van der Waals surface area contributed by atoms with Gasteiger partial charge in [0.05, 0.1) is 13.2 Å². The number of nitrogens with one attached hydrogen (secondary N) is 1. The molecule has 0 spiro atoms. The Bertz CT molecular complexity index is 551. The number of hydrogen-bond donors (Lipinski definition) is 1. The number of ether oxygens (including phenoxy) is 4. The third-order valence-electron chi connectivity index (χ3n) is 3.63. The zero-order chi connectivity index (χ0) is 20.1. The second kappa shape index (κ2) is 13.2. The van der Waals surface area contributed by atoms with E-state index in [4.69, 9.17) is 28.0 Å². The topological polar surface area (TPSA) is 84.5 Å². The van der Waals surface area contributed by atoms with E-state index in [-0.39, 0.29) is 12.5 Å². The zero-order valence-corrected chi connectivity index (χ0v) is 17.7. The van der Waals surface area contributed by atoms with E-state index in [0.717, 1.165) is 5.56 Å². The molecule has 1 aromatic carbocycles. The summed E-state index contributed by atoms with van der Waals surface area (Å²) >= 11 is 0. The number of hydrogen-bond acceptors (Lipinski definition) is 7. The van der Waals surface area contributed by atoms with Gasteiger partial charge in [0.1, 0.15) is 12.4 Å². The maximum absolute atomic E-state index is 12.5. The van der Waals surface area contributed by atoms with E-state index in [1.54, 1.807) is 14.2 Å². The van der Waals surface area contributed by atoms with Crippen molar-refractivity contribution >= 4 is 7.75 Å². The Balaban J connectivity index is 2.36. The average Bonchev–Trinajstić information content (AvgIpc) is 2.70. The molecule has 0 saturated carbocycles. The van der Waals surface area contributed by atoms with E-state index in [1.165, 1.54) is 7.11 Å². The fourth-order valence-electron chi connectivity index (χ4n) is 2.20. The summed E-state index contributed by atoms with van der Waals surface area (Å²) in [4.78, 5) is 0. The smallest absolute Gasteiger partial charge is 0.405 e. The molecule has 27 heavy (non-hydrogen) atoms. The van der Waals surface area contributed by atoms with Crippen molar-refractivity contribution in [1.29, 1.82) is 0 Å². The molecule has 0 saturated heterocycles. The van der Waals surface area contributed by atoms with Gasteiger partial charge in [-0.2, -0.15) is 0 Å². The number of benzene rings is 1. The highest BCUT2D eigenvalue weighted by Crippen LogP contribution is 2.42. The van der Waals surface area contributed by atoms with Crippen LogP contribution in [0.3, 0.4) is 0 Å². The monoisotopic (exact) mass is 405 g/mol. The van der Waals surface area contributed by atoms with Crippen LogP contribution >= 0.6 is 7.75 Å². The van der Waals surface area contributed by atoms with Crippen LogP contribution in [0.2, 0.25) is 0 Å². The van der Waals surface area contributed by atoms with Gasteiger partial charge in [-0.05, 0) is 19.1 Å². The fraction of sp³-hybridized carbons (Fsp3) is 0.667. The van der Waals surface area contributed by atoms with Gasteiger partial charge in [0, 0.05) is 46.0 Å². The predicted octanol–water partition coefficient (Wildman–Crippen LogP) is 3.39. The van der Waals surface area contributed by atoms with E-state index in [2.05, 4.69) is 5.09 Å². The SMILES string of the molecule is CCOCC(C)COP(=O)(NCCOc1ccc(C(OC)OC)cc1)OC. The Labute approximate surface area is 162 Å². The van der Waals surface area contributed by atoms with Crippen molar-refractivity contribution in [3.63, 3.8) is 0 Å². The molecule has 0 aliphatic carbocycles. The van der Waals surface area contributed by atoms with Crippen LogP contribution in [0.4, 0.5) is 0 Å². The van der Waals surface area contributed by atoms with Crippen LogP contribution in [0.25, 0.3) is 0 Å². The van der Waals surface area contributed by atoms with Crippen molar-refractivity contribution in [3.05, 3.63) is 29.8 Å². The van der Waals surface area contributed by atoms with Gasteiger partial charge in [0.2, 0.25) is 0 Å². The first-order chi connectivity index (χ1) is 13.0. The van der Waals surface area contributed by atoms with E-state index in [1.807, 2.05) is 38.1 Å². The summed E-state index contributed by atoms with van der Waals surface area (Å²) in [5.41, 5.74) is 0.893. The van der Waals surface area contributed by atoms with Gasteiger partial charge in [0.15, 0.2) is 6.29 Å². The molecule has 8 nitrogen and oxygen atoms in total. The largest absolute Gasteiger partial charge is 0.492 e. The molecule has 0 radical (unpaired) electrons. The molecule has 0 fully saturated rings. The fourth-order valence-corrected chi connectivity index (χ4v) is 3.34. The average molecular weight is 405 g/mol. The van der Waals surface area contributed by atoms with Crippen LogP contribution in [0, 0.1) is 5.92 Å². The highest BCUT2D eigenvalue weighted by atomic mass is 31.2. The third kappa shape index (κ3) is 9.17. The molecular weight excluding hydrogens is 373 g/mol. The highest BCUT2D eigenvalue weighted by molar-refractivity contribution is 7.51. The Kier molecular flexibility index (Phi) is 11.8. The minimum atomic E-state index is -3.36. The summed E-state index contributed by atoms with van der Waals surface area (Å²) in [6, 6.07) is 7.37. The van der Waals surface area contributed by atoms with Gasteiger partial charge in [-0.15, -0.1) is 0 Å². The van der Waals surface area contributed by atoms with Gasteiger partial charge in [0.25, 0.3) is 0 Å². The summed E-state index contributed by atoms with van der Waals surface area (Å²) in [5, 5.41) is 2.78. The maximum atomic E-state index is 12.5. The first-order valence-electron chi connectivity index (χ1n) is 8.89. The quantitative estimate of drug-likeness (QED) is 0.270. The molecule has 0 aliphatic rings. The predicted molar refractivity (Wildman–Crippen MR) is 103 cm³/mol. The van der Waals surface area contributed by atoms with Crippen molar-refractivity contribution < 1.29 is 32.6 Å². The first kappa shape index (κ1) is 24.0. The number of rotatable bonds is 15. The maximum Gasteiger partial charge on any atom is 0.405 e. The molecule has 2 unspecified atom stereocenters. The van der Waals surface area contributed by atoms with Crippen LogP contribution in [0.15, 0.2) is 24.3 Å². The minimum Gasteiger partial charge on any atom is -0.492 e. The number of methoxy groups -OCH3 is 2. The Morgan fingerprint density at radius 3 is 2.30 bits per heavy atom. The minimum absolute atomic E-state index is 0.119. The molecular formula is C18H32NO7P. The summed E-state index contributed by atoms with van der Waals surface area (Å²) in [6.07, 6.45) is -0.407. The molecule has 2 atom stereocenters. The summed E-state index contributed by atoms with van der Waals surface area (Å²) in [6.45, 7) is 5.97. The lowest BCUT2D eigenvalue weighted by atomic mass is 10.2.